The number of fused-ring (bicyclic) bond motifs is 6. The van der Waals surface area contributed by atoms with Crippen LogP contribution in [-0.2, 0) is 10.8 Å². The maximum absolute atomic E-state index is 6.30. The molecule has 0 aliphatic heterocycles. The van der Waals surface area contributed by atoms with Crippen LogP contribution in [0.5, 0.6) is 0 Å². The quantitative estimate of drug-likeness (QED) is 0.183. The molecule has 0 N–H and O–H groups in total. The van der Waals surface area contributed by atoms with E-state index in [2.05, 4.69) is 185 Å². The van der Waals surface area contributed by atoms with Crippen LogP contribution >= 0.6 is 0 Å². The first-order chi connectivity index (χ1) is 24.7. The highest BCUT2D eigenvalue weighted by atomic mass is 16.3. The fourth-order valence-corrected chi connectivity index (χ4v) is 8.11. The monoisotopic (exact) mass is 659 g/mol. The minimum Gasteiger partial charge on any atom is -0.456 e. The van der Waals surface area contributed by atoms with Crippen LogP contribution in [-0.4, -0.2) is 0 Å². The number of benzene rings is 7. The summed E-state index contributed by atoms with van der Waals surface area (Å²) < 4.78 is 6.30. The lowest BCUT2D eigenvalue weighted by Crippen LogP contribution is -2.20. The smallest absolute Gasteiger partial charge is 0.136 e. The number of hydrogen-bond acceptors (Lipinski definition) is 2. The molecule has 0 saturated carbocycles. The van der Waals surface area contributed by atoms with Crippen molar-refractivity contribution in [2.45, 2.75) is 45.4 Å². The van der Waals surface area contributed by atoms with Crippen LogP contribution in [0.15, 0.2) is 162 Å². The third kappa shape index (κ3) is 5.17. The Morgan fingerprint density at radius 1 is 0.471 bits per heavy atom. The maximum atomic E-state index is 6.30. The van der Waals surface area contributed by atoms with Crippen LogP contribution in [0.3, 0.4) is 0 Å². The number of furan rings is 1. The molecule has 8 aromatic rings. The highest BCUT2D eigenvalue weighted by Gasteiger charge is 2.36. The van der Waals surface area contributed by atoms with Crippen LogP contribution in [0.1, 0.15) is 51.3 Å². The van der Waals surface area contributed by atoms with E-state index in [0.29, 0.717) is 0 Å². The van der Waals surface area contributed by atoms with Crippen LogP contribution in [0.4, 0.5) is 17.1 Å². The van der Waals surface area contributed by atoms with Crippen molar-refractivity contribution < 1.29 is 4.42 Å². The standard InChI is InChI=1S/C49H41NO/c1-48(2,3)44-29-34(35-21-26-41-40-16-10-12-18-46(40)51-47(41)30-35)22-28-45(44)50(36-23-19-33(20-24-36)32-13-7-6-8-14-32)37-25-27-39-38-15-9-11-17-42(38)49(4,5)43(39)31-37/h6-31H,1-5H3. The second-order valence-corrected chi connectivity index (χ2v) is 15.4. The number of hydrogen-bond donors (Lipinski definition) is 0. The van der Waals surface area contributed by atoms with Gasteiger partial charge in [0.15, 0.2) is 0 Å². The Hall–Kier alpha value is -5.86. The summed E-state index contributed by atoms with van der Waals surface area (Å²) in [6, 6.07) is 57.5. The van der Waals surface area contributed by atoms with Gasteiger partial charge in [0.1, 0.15) is 11.2 Å². The number of rotatable bonds is 5. The average molecular weight is 660 g/mol. The van der Waals surface area contributed by atoms with Crippen molar-refractivity contribution in [2.24, 2.45) is 0 Å². The predicted octanol–water partition coefficient (Wildman–Crippen LogP) is 14.0. The molecule has 2 nitrogen and oxygen atoms in total. The molecular formula is C49H41NO. The van der Waals surface area contributed by atoms with E-state index in [4.69, 9.17) is 4.42 Å². The van der Waals surface area contributed by atoms with Crippen LogP contribution in [0, 0.1) is 0 Å². The molecule has 9 rings (SSSR count). The van der Waals surface area contributed by atoms with Crippen LogP contribution < -0.4 is 4.90 Å². The van der Waals surface area contributed by atoms with Gasteiger partial charge in [-0.1, -0.05) is 138 Å². The first kappa shape index (κ1) is 31.1. The largest absolute Gasteiger partial charge is 0.456 e. The second-order valence-electron chi connectivity index (χ2n) is 15.4. The third-order valence-corrected chi connectivity index (χ3v) is 10.8. The van der Waals surface area contributed by atoms with E-state index in [1.807, 2.05) is 12.1 Å². The first-order valence-electron chi connectivity index (χ1n) is 17.9. The molecule has 0 unspecified atom stereocenters. The van der Waals surface area contributed by atoms with E-state index in [1.54, 1.807) is 0 Å². The lowest BCUT2D eigenvalue weighted by Gasteiger charge is -2.33. The van der Waals surface area contributed by atoms with Crippen molar-refractivity contribution in [3.8, 4) is 33.4 Å². The molecule has 0 fully saturated rings. The summed E-state index contributed by atoms with van der Waals surface area (Å²) in [5.41, 5.74) is 16.5. The molecule has 0 radical (unpaired) electrons. The van der Waals surface area contributed by atoms with E-state index in [-0.39, 0.29) is 10.8 Å². The molecule has 0 spiro atoms. The number of anilines is 3. The first-order valence-corrected chi connectivity index (χ1v) is 17.9. The van der Waals surface area contributed by atoms with Crippen molar-refractivity contribution in [3.05, 3.63) is 174 Å². The lowest BCUT2D eigenvalue weighted by atomic mass is 9.82. The summed E-state index contributed by atoms with van der Waals surface area (Å²) in [6.07, 6.45) is 0. The van der Waals surface area contributed by atoms with E-state index in [9.17, 15) is 0 Å². The van der Waals surface area contributed by atoms with E-state index in [0.717, 1.165) is 38.9 Å². The van der Waals surface area contributed by atoms with Crippen molar-refractivity contribution in [3.63, 3.8) is 0 Å². The zero-order valence-electron chi connectivity index (χ0n) is 29.9. The number of nitrogens with zero attached hydrogens (tertiary/aromatic N) is 1. The summed E-state index contributed by atoms with van der Waals surface area (Å²) in [4.78, 5) is 2.46. The molecule has 1 aromatic heterocycles. The van der Waals surface area contributed by atoms with Gasteiger partial charge in [-0.15, -0.1) is 0 Å². The topological polar surface area (TPSA) is 16.4 Å². The second kappa shape index (κ2) is 11.6. The molecule has 1 heterocycles. The molecule has 0 atom stereocenters. The molecule has 1 aliphatic carbocycles. The van der Waals surface area contributed by atoms with Gasteiger partial charge in [0.2, 0.25) is 0 Å². The van der Waals surface area contributed by atoms with Crippen LogP contribution in [0.2, 0.25) is 0 Å². The minimum atomic E-state index is -0.136. The van der Waals surface area contributed by atoms with Crippen molar-refractivity contribution in [2.75, 3.05) is 4.90 Å². The van der Waals surface area contributed by atoms with Crippen molar-refractivity contribution in [1.82, 2.24) is 0 Å². The van der Waals surface area contributed by atoms with Gasteiger partial charge in [-0.05, 0) is 110 Å². The Morgan fingerprint density at radius 2 is 1.08 bits per heavy atom. The average Bonchev–Trinajstić information content (AvgIpc) is 3.63. The zero-order valence-corrected chi connectivity index (χ0v) is 29.9. The minimum absolute atomic E-state index is 0.100. The Kier molecular flexibility index (Phi) is 7.09. The predicted molar refractivity (Wildman–Crippen MR) is 216 cm³/mol. The maximum Gasteiger partial charge on any atom is 0.136 e. The lowest BCUT2D eigenvalue weighted by molar-refractivity contribution is 0.591. The number of para-hydroxylation sites is 1. The normalized spacial score (nSPS) is 13.4. The fourth-order valence-electron chi connectivity index (χ4n) is 8.11. The van der Waals surface area contributed by atoms with Crippen LogP contribution in [0.25, 0.3) is 55.3 Å². The highest BCUT2D eigenvalue weighted by molar-refractivity contribution is 6.06. The summed E-state index contributed by atoms with van der Waals surface area (Å²) in [6.45, 7) is 11.7. The Morgan fingerprint density at radius 3 is 1.88 bits per heavy atom. The summed E-state index contributed by atoms with van der Waals surface area (Å²) in [5.74, 6) is 0. The highest BCUT2D eigenvalue weighted by Crippen LogP contribution is 2.51. The van der Waals surface area contributed by atoms with Gasteiger partial charge in [-0.25, -0.2) is 0 Å². The summed E-state index contributed by atoms with van der Waals surface area (Å²) in [5, 5.41) is 2.30. The molecule has 0 saturated heterocycles. The Balaban J connectivity index is 1.21. The zero-order chi connectivity index (χ0) is 34.9. The van der Waals surface area contributed by atoms with Gasteiger partial charge in [0.25, 0.3) is 0 Å². The molecule has 248 valence electrons. The fraction of sp³-hybridized carbons (Fsp3) is 0.143. The molecule has 2 heteroatoms. The van der Waals surface area contributed by atoms with Gasteiger partial charge < -0.3 is 9.32 Å². The molecule has 1 aliphatic rings. The molecular weight excluding hydrogens is 619 g/mol. The van der Waals surface area contributed by atoms with Gasteiger partial charge in [-0.3, -0.25) is 0 Å². The third-order valence-electron chi connectivity index (χ3n) is 10.8. The van der Waals surface area contributed by atoms with E-state index >= 15 is 0 Å². The summed E-state index contributed by atoms with van der Waals surface area (Å²) in [7, 11) is 0. The van der Waals surface area contributed by atoms with Gasteiger partial charge in [0.05, 0.1) is 0 Å². The van der Waals surface area contributed by atoms with Gasteiger partial charge >= 0.3 is 0 Å². The van der Waals surface area contributed by atoms with E-state index < -0.39 is 0 Å². The summed E-state index contributed by atoms with van der Waals surface area (Å²) >= 11 is 0. The molecule has 7 aromatic carbocycles. The van der Waals surface area contributed by atoms with E-state index in [1.165, 1.54) is 50.2 Å². The molecule has 0 bridgehead atoms. The molecule has 51 heavy (non-hydrogen) atoms. The van der Waals surface area contributed by atoms with Crippen molar-refractivity contribution in [1.29, 1.82) is 0 Å². The van der Waals surface area contributed by atoms with Gasteiger partial charge in [0, 0.05) is 33.2 Å². The SMILES string of the molecule is CC(C)(C)c1cc(-c2ccc3c(c2)oc2ccccc23)ccc1N(c1ccc(-c2ccccc2)cc1)c1ccc2c(c1)C(C)(C)c1ccccc1-2. The van der Waals surface area contributed by atoms with Gasteiger partial charge in [-0.2, -0.15) is 0 Å². The van der Waals surface area contributed by atoms with Crippen molar-refractivity contribution >= 4 is 39.0 Å². The molecule has 0 amide bonds. The Bertz CT molecular complexity index is 2580. The Labute approximate surface area is 300 Å².